The molecule has 138 valence electrons. The van der Waals surface area contributed by atoms with Gasteiger partial charge < -0.3 is 35.4 Å². The maximum absolute atomic E-state index is 11.9. The number of rotatable bonds is 5. The molecule has 0 aliphatic heterocycles. The van der Waals surface area contributed by atoms with Gasteiger partial charge in [0.2, 0.25) is 0 Å². The minimum Gasteiger partial charge on any atom is -0.504 e. The van der Waals surface area contributed by atoms with E-state index in [4.69, 9.17) is 9.84 Å². The maximum Gasteiger partial charge on any atom is 0.335 e. The van der Waals surface area contributed by atoms with E-state index in [-0.39, 0.29) is 24.3 Å². The standard InChI is InChI=1S/C16H20O9/c17-9-3-1-8(5-10(9)18)2-4-13(20)25-12-7-16(24,15(22)23)6-11(19)14(12)21/h1,3,5,11-12,14,17-19,21,24H,2,4,6-7H2,(H,22,23). The van der Waals surface area contributed by atoms with Gasteiger partial charge in [0.25, 0.3) is 0 Å². The van der Waals surface area contributed by atoms with Crippen LogP contribution in [0.1, 0.15) is 24.8 Å². The fourth-order valence-corrected chi connectivity index (χ4v) is 2.74. The predicted molar refractivity (Wildman–Crippen MR) is 81.8 cm³/mol. The van der Waals surface area contributed by atoms with E-state index in [1.165, 1.54) is 18.2 Å². The van der Waals surface area contributed by atoms with Gasteiger partial charge in [-0.05, 0) is 24.1 Å². The van der Waals surface area contributed by atoms with Crippen molar-refractivity contribution in [2.75, 3.05) is 0 Å². The molecule has 1 fully saturated rings. The molecule has 0 aromatic heterocycles. The molecule has 9 nitrogen and oxygen atoms in total. The Morgan fingerprint density at radius 1 is 1.16 bits per heavy atom. The molecule has 1 aromatic rings. The maximum atomic E-state index is 11.9. The average molecular weight is 356 g/mol. The summed E-state index contributed by atoms with van der Waals surface area (Å²) in [6.07, 6.45) is -5.47. The Bertz CT molecular complexity index is 659. The molecule has 25 heavy (non-hydrogen) atoms. The highest BCUT2D eigenvalue weighted by molar-refractivity contribution is 5.77. The largest absolute Gasteiger partial charge is 0.504 e. The van der Waals surface area contributed by atoms with Gasteiger partial charge in [0.15, 0.2) is 17.1 Å². The summed E-state index contributed by atoms with van der Waals surface area (Å²) in [5.74, 6) is -2.96. The van der Waals surface area contributed by atoms with E-state index >= 15 is 0 Å². The van der Waals surface area contributed by atoms with Crippen molar-refractivity contribution < 1.29 is 45.0 Å². The van der Waals surface area contributed by atoms with Gasteiger partial charge in [-0.25, -0.2) is 4.79 Å². The number of aromatic hydroxyl groups is 2. The van der Waals surface area contributed by atoms with E-state index in [0.29, 0.717) is 5.56 Å². The SMILES string of the molecule is O=C(CCc1ccc(O)c(O)c1)OC1CC(O)(C(=O)O)CC(O)C1O. The number of hydrogen-bond donors (Lipinski definition) is 6. The fourth-order valence-electron chi connectivity index (χ4n) is 2.74. The third kappa shape index (κ3) is 4.38. The lowest BCUT2D eigenvalue weighted by molar-refractivity contribution is -0.198. The number of carbonyl (C=O) groups is 2. The lowest BCUT2D eigenvalue weighted by Crippen LogP contribution is -2.57. The van der Waals surface area contributed by atoms with Crippen molar-refractivity contribution in [3.8, 4) is 11.5 Å². The van der Waals surface area contributed by atoms with Gasteiger partial charge in [-0.1, -0.05) is 6.07 Å². The Morgan fingerprint density at radius 2 is 1.84 bits per heavy atom. The van der Waals surface area contributed by atoms with Gasteiger partial charge in [0.05, 0.1) is 6.10 Å². The molecule has 0 spiro atoms. The van der Waals surface area contributed by atoms with Crippen LogP contribution in [0.4, 0.5) is 0 Å². The normalized spacial score (nSPS) is 29.2. The number of aliphatic hydroxyl groups excluding tert-OH is 2. The van der Waals surface area contributed by atoms with Crippen molar-refractivity contribution in [2.24, 2.45) is 0 Å². The monoisotopic (exact) mass is 356 g/mol. The molecule has 1 aliphatic carbocycles. The molecule has 9 heteroatoms. The molecule has 1 aliphatic rings. The molecule has 6 N–H and O–H groups in total. The molecule has 4 unspecified atom stereocenters. The van der Waals surface area contributed by atoms with Crippen molar-refractivity contribution in [2.45, 2.75) is 49.6 Å². The number of phenols is 2. The van der Waals surface area contributed by atoms with Crippen LogP contribution < -0.4 is 0 Å². The number of aliphatic carboxylic acids is 1. The Morgan fingerprint density at radius 3 is 2.44 bits per heavy atom. The first-order valence-electron chi connectivity index (χ1n) is 7.64. The number of esters is 1. The number of ether oxygens (including phenoxy) is 1. The van der Waals surface area contributed by atoms with Gasteiger partial charge >= 0.3 is 11.9 Å². The molecule has 0 saturated heterocycles. The van der Waals surface area contributed by atoms with Crippen molar-refractivity contribution in [3.05, 3.63) is 23.8 Å². The number of carbonyl (C=O) groups excluding carboxylic acids is 1. The van der Waals surface area contributed by atoms with Crippen LogP contribution in [0.2, 0.25) is 0 Å². The van der Waals surface area contributed by atoms with Gasteiger partial charge in [0, 0.05) is 19.3 Å². The molecule has 1 saturated carbocycles. The summed E-state index contributed by atoms with van der Waals surface area (Å²) >= 11 is 0. The zero-order valence-corrected chi connectivity index (χ0v) is 13.2. The smallest absolute Gasteiger partial charge is 0.335 e. The molecule has 0 radical (unpaired) electrons. The van der Waals surface area contributed by atoms with E-state index in [1.54, 1.807) is 0 Å². The van der Waals surface area contributed by atoms with Crippen LogP contribution in [0.25, 0.3) is 0 Å². The van der Waals surface area contributed by atoms with Crippen LogP contribution in [0.3, 0.4) is 0 Å². The lowest BCUT2D eigenvalue weighted by Gasteiger charge is -2.39. The second kappa shape index (κ2) is 7.26. The van der Waals surface area contributed by atoms with E-state index in [2.05, 4.69) is 0 Å². The molecular formula is C16H20O9. The summed E-state index contributed by atoms with van der Waals surface area (Å²) in [7, 11) is 0. The first kappa shape index (κ1) is 19.0. The number of phenolic OH excluding ortho intramolecular Hbond substituents is 2. The molecule has 1 aromatic carbocycles. The quantitative estimate of drug-likeness (QED) is 0.295. The van der Waals surface area contributed by atoms with Crippen molar-refractivity contribution >= 4 is 11.9 Å². The minimum absolute atomic E-state index is 0.144. The third-order valence-corrected chi connectivity index (χ3v) is 4.20. The highest BCUT2D eigenvalue weighted by atomic mass is 16.6. The lowest BCUT2D eigenvalue weighted by atomic mass is 9.79. The highest BCUT2D eigenvalue weighted by Crippen LogP contribution is 2.31. The molecule has 0 heterocycles. The summed E-state index contributed by atoms with van der Waals surface area (Å²) < 4.78 is 5.01. The first-order valence-corrected chi connectivity index (χ1v) is 7.64. The van der Waals surface area contributed by atoms with E-state index in [9.17, 15) is 35.1 Å². The molecule has 2 rings (SSSR count). The Hall–Kier alpha value is -2.36. The van der Waals surface area contributed by atoms with E-state index < -0.39 is 48.7 Å². The Kier molecular flexibility index (Phi) is 5.51. The Labute approximate surface area is 142 Å². The molecule has 0 amide bonds. The second-order valence-electron chi connectivity index (χ2n) is 6.15. The van der Waals surface area contributed by atoms with Crippen LogP contribution in [0.5, 0.6) is 11.5 Å². The van der Waals surface area contributed by atoms with Crippen molar-refractivity contribution in [1.29, 1.82) is 0 Å². The van der Waals surface area contributed by atoms with Crippen LogP contribution >= 0.6 is 0 Å². The van der Waals surface area contributed by atoms with Crippen molar-refractivity contribution in [1.82, 2.24) is 0 Å². The number of carboxylic acid groups (broad SMARTS) is 1. The predicted octanol–water partition coefficient (Wildman–Crippen LogP) is -0.727. The third-order valence-electron chi connectivity index (χ3n) is 4.20. The zero-order chi connectivity index (χ0) is 18.8. The summed E-state index contributed by atoms with van der Waals surface area (Å²) in [5, 5.41) is 57.2. The van der Waals surface area contributed by atoms with Crippen molar-refractivity contribution in [3.63, 3.8) is 0 Å². The number of aliphatic hydroxyl groups is 3. The summed E-state index contributed by atoms with van der Waals surface area (Å²) in [6, 6.07) is 4.06. The van der Waals surface area contributed by atoms with Crippen LogP contribution in [0, 0.1) is 0 Å². The number of hydrogen-bond acceptors (Lipinski definition) is 8. The minimum atomic E-state index is -2.29. The molecule has 0 bridgehead atoms. The van der Waals surface area contributed by atoms with Gasteiger partial charge in [-0.2, -0.15) is 0 Å². The topological polar surface area (TPSA) is 165 Å². The van der Waals surface area contributed by atoms with Gasteiger partial charge in [-0.3, -0.25) is 4.79 Å². The summed E-state index contributed by atoms with van der Waals surface area (Å²) in [4.78, 5) is 23.0. The average Bonchev–Trinajstić information content (AvgIpc) is 2.53. The van der Waals surface area contributed by atoms with Crippen LogP contribution in [0.15, 0.2) is 18.2 Å². The van der Waals surface area contributed by atoms with E-state index in [1.807, 2.05) is 0 Å². The highest BCUT2D eigenvalue weighted by Gasteiger charge is 2.50. The summed E-state index contributed by atoms with van der Waals surface area (Å²) in [5.41, 5.74) is -1.73. The second-order valence-corrected chi connectivity index (χ2v) is 6.15. The van der Waals surface area contributed by atoms with Crippen LogP contribution in [-0.2, 0) is 20.7 Å². The number of benzene rings is 1. The number of aryl methyl sites for hydroxylation is 1. The fraction of sp³-hybridized carbons (Fsp3) is 0.500. The number of carboxylic acids is 1. The van der Waals surface area contributed by atoms with Gasteiger partial charge in [-0.15, -0.1) is 0 Å². The van der Waals surface area contributed by atoms with E-state index in [0.717, 1.165) is 0 Å². The Balaban J connectivity index is 1.96. The molecule has 4 atom stereocenters. The van der Waals surface area contributed by atoms with Crippen LogP contribution in [-0.4, -0.2) is 66.5 Å². The zero-order valence-electron chi connectivity index (χ0n) is 13.2. The molecular weight excluding hydrogens is 336 g/mol. The summed E-state index contributed by atoms with van der Waals surface area (Å²) in [6.45, 7) is 0. The van der Waals surface area contributed by atoms with Gasteiger partial charge in [0.1, 0.15) is 12.2 Å². The first-order chi connectivity index (χ1) is 11.6.